The van der Waals surface area contributed by atoms with Crippen molar-refractivity contribution >= 4 is 35.2 Å². The van der Waals surface area contributed by atoms with E-state index in [1.54, 1.807) is 95.5 Å². The predicted molar refractivity (Wildman–Crippen MR) is 215 cm³/mol. The van der Waals surface area contributed by atoms with E-state index >= 15 is 0 Å². The largest absolute Gasteiger partial charge is 1.00 e. The Morgan fingerprint density at radius 1 is 0.738 bits per heavy atom. The molecule has 0 unspecified atom stereocenters. The first kappa shape index (κ1) is 54.1. The maximum atomic E-state index is 11.9. The number of ether oxygens (including phenoxy) is 5. The van der Waals surface area contributed by atoms with Crippen molar-refractivity contribution in [3.8, 4) is 29.3 Å². The van der Waals surface area contributed by atoms with Crippen molar-refractivity contribution in [2.75, 3.05) is 47.1 Å². The van der Waals surface area contributed by atoms with Crippen LogP contribution >= 0.6 is 0 Å². The van der Waals surface area contributed by atoms with E-state index in [4.69, 9.17) is 29.9 Å². The number of ketones is 1. The van der Waals surface area contributed by atoms with Crippen molar-refractivity contribution in [2.24, 2.45) is 11.0 Å². The van der Waals surface area contributed by atoms with Gasteiger partial charge in [0.05, 0.1) is 52.4 Å². The number of hydrazine groups is 1. The zero-order valence-corrected chi connectivity index (χ0v) is 35.6. The maximum absolute atomic E-state index is 11.9. The second kappa shape index (κ2) is 28.5. The fourth-order valence-corrected chi connectivity index (χ4v) is 4.43. The number of aryl methyl sites for hydroxylation is 2. The Labute approximate surface area is 363 Å². The van der Waals surface area contributed by atoms with Crippen LogP contribution in [0.2, 0.25) is 0 Å². The topological polar surface area (TPSA) is 299 Å². The molecule has 0 saturated heterocycles. The van der Waals surface area contributed by atoms with Crippen molar-refractivity contribution in [1.29, 1.82) is 0 Å². The van der Waals surface area contributed by atoms with Gasteiger partial charge in [0.15, 0.2) is 28.7 Å². The Bertz CT molecular complexity index is 2160. The Hall–Kier alpha value is -6.86. The molecule has 0 amide bonds. The number of nitrogens with zero attached hydrogens (tertiary/aromatic N) is 8. The second-order valence-electron chi connectivity index (χ2n) is 11.3. The Morgan fingerprint density at radius 2 is 1.20 bits per heavy atom. The third kappa shape index (κ3) is 17.9. The van der Waals surface area contributed by atoms with Crippen LogP contribution in [0, 0.1) is 13.8 Å². The first-order chi connectivity index (χ1) is 28.2. The molecular formula is C38H49LiN10O12. The first-order valence-electron chi connectivity index (χ1n) is 17.6. The number of nitrogens with one attached hydrogen (secondary N) is 1. The van der Waals surface area contributed by atoms with Crippen LogP contribution in [0.1, 0.15) is 59.6 Å². The van der Waals surface area contributed by atoms with Gasteiger partial charge in [0.2, 0.25) is 17.6 Å². The smallest absolute Gasteiger partial charge is 0.870 e. The predicted octanol–water partition coefficient (Wildman–Crippen LogP) is 0.778. The number of carboxylic acid groups (broad SMARTS) is 1. The van der Waals surface area contributed by atoms with E-state index in [2.05, 4.69) is 45.3 Å². The maximum Gasteiger partial charge on any atom is 1.00 e. The van der Waals surface area contributed by atoms with E-state index in [0.717, 1.165) is 0 Å². The van der Waals surface area contributed by atoms with Gasteiger partial charge in [0, 0.05) is 18.2 Å². The van der Waals surface area contributed by atoms with Crippen molar-refractivity contribution in [3.05, 3.63) is 89.5 Å². The summed E-state index contributed by atoms with van der Waals surface area (Å²) in [6.45, 7) is 8.90. The number of anilines is 1. The van der Waals surface area contributed by atoms with Gasteiger partial charge in [-0.05, 0) is 65.0 Å². The van der Waals surface area contributed by atoms with Gasteiger partial charge in [0.25, 0.3) is 0 Å². The number of carbonyl (C=O) groups excluding carboxylic acids is 3. The van der Waals surface area contributed by atoms with Gasteiger partial charge in [-0.25, -0.2) is 29.6 Å². The second-order valence-corrected chi connectivity index (χ2v) is 11.3. The number of carbonyl (C=O) groups is 4. The van der Waals surface area contributed by atoms with Gasteiger partial charge in [-0.3, -0.25) is 4.79 Å². The molecule has 324 valence electrons. The fraction of sp³-hybridized carbons (Fsp3) is 0.316. The van der Waals surface area contributed by atoms with E-state index in [1.807, 2.05) is 0 Å². The number of methoxy groups -OCH3 is 3. The van der Waals surface area contributed by atoms with Gasteiger partial charge >= 0.3 is 36.8 Å². The number of pyridine rings is 3. The number of nitrogen functional groups attached to an aromatic ring is 1. The third-order valence-corrected chi connectivity index (χ3v) is 6.85. The minimum atomic E-state index is -1.05. The number of rotatable bonds is 14. The first-order valence-corrected chi connectivity index (χ1v) is 17.6. The molecule has 22 nitrogen and oxygen atoms in total. The van der Waals surface area contributed by atoms with Crippen LogP contribution in [0.3, 0.4) is 0 Å². The molecule has 61 heavy (non-hydrogen) atoms. The molecule has 0 spiro atoms. The minimum Gasteiger partial charge on any atom is -0.870 e. The molecular weight excluding hydrogens is 795 g/mol. The van der Waals surface area contributed by atoms with E-state index in [1.165, 1.54) is 43.7 Å². The monoisotopic (exact) mass is 844 g/mol. The number of Topliss-reactive ketones (excluding diaryl/α,β-unsaturated/α-hetero) is 1. The zero-order valence-electron chi connectivity index (χ0n) is 35.6. The summed E-state index contributed by atoms with van der Waals surface area (Å²) < 4.78 is 27.3. The van der Waals surface area contributed by atoms with Crippen molar-refractivity contribution in [2.45, 2.75) is 41.0 Å². The number of hydrogen-bond donors (Lipinski definition) is 3. The number of hydrogen-bond acceptors (Lipinski definition) is 19. The molecule has 0 aliphatic rings. The van der Waals surface area contributed by atoms with Crippen LogP contribution in [-0.4, -0.2) is 116 Å². The molecule has 5 N–H and O–H groups in total. The van der Waals surface area contributed by atoms with Gasteiger partial charge in [0.1, 0.15) is 18.7 Å². The third-order valence-electron chi connectivity index (χ3n) is 6.85. The molecule has 0 bridgehead atoms. The van der Waals surface area contributed by atoms with Crippen LogP contribution in [0.15, 0.2) is 71.9 Å². The van der Waals surface area contributed by atoms with E-state index in [-0.39, 0.29) is 54.6 Å². The zero-order chi connectivity index (χ0) is 43.9. The molecule has 5 aromatic heterocycles. The summed E-state index contributed by atoms with van der Waals surface area (Å²) in [4.78, 5) is 61.4. The normalized spacial score (nSPS) is 9.84. The number of nitrogens with two attached hydrogens (primary N) is 1. The van der Waals surface area contributed by atoms with Crippen molar-refractivity contribution in [1.82, 2.24) is 34.5 Å². The number of oxime groups is 1. The van der Waals surface area contributed by atoms with Crippen LogP contribution in [0.25, 0.3) is 11.6 Å². The summed E-state index contributed by atoms with van der Waals surface area (Å²) in [5.74, 6) is 5.80. The van der Waals surface area contributed by atoms with Crippen LogP contribution in [0.5, 0.6) is 17.6 Å². The quantitative estimate of drug-likeness (QED) is 0.0457. The van der Waals surface area contributed by atoms with Crippen molar-refractivity contribution in [3.63, 3.8) is 0 Å². The minimum absolute atomic E-state index is 0. The molecule has 5 heterocycles. The molecule has 0 aromatic carbocycles. The molecule has 0 saturated carbocycles. The molecule has 5 rings (SSSR count). The molecule has 0 aliphatic heterocycles. The standard InChI is InChI=1S/C13H15N3O3.C11H11N3O3.C8H13NO4.C6H9N3O.Li.H2O/c1-4-19-13(17)10-8-9(2)15-16(10)11-6-5-7-12(14-11)18-3;1-7-6-8(11(15)16)14(13-7)9-4-3-5-10(12-9)17-2;1-4-13-8(11)7(9-12-3)5-6(2)10;1-10-6-4-2-3-5(8-6)9-7;;/h5-8H,4H2,1-3H3;3-6H,1-2H3,(H,15,16);4-5H2,1-3H3;2-4H,7H2,1H3,(H,8,9);;1H2/q;;;;+1;/p-1. The number of aromatic carboxylic acids is 1. The SMILES string of the molecule is CCOC(=O)C(CC(C)=O)=NOC.CCOC(=O)c1cc(C)nn1-c1cccc(OC)n1.COc1cccc(-n2nc(C)cc2C(=O)O)n1.COc1cccc(NN)n1.[Li+].[OH-]. The summed E-state index contributed by atoms with van der Waals surface area (Å²) in [6.07, 6.45) is -0.0628. The number of carboxylic acids is 1. The number of aromatic nitrogens is 7. The van der Waals surface area contributed by atoms with Crippen LogP contribution in [-0.2, 0) is 23.9 Å². The number of esters is 2. The molecule has 0 fully saturated rings. The fourth-order valence-electron chi connectivity index (χ4n) is 4.43. The summed E-state index contributed by atoms with van der Waals surface area (Å²) in [7, 11) is 5.90. The summed E-state index contributed by atoms with van der Waals surface area (Å²) in [6, 6.07) is 18.8. The van der Waals surface area contributed by atoms with Crippen molar-refractivity contribution < 1.29 is 77.1 Å². The Morgan fingerprint density at radius 3 is 1.62 bits per heavy atom. The molecule has 0 atom stereocenters. The van der Waals surface area contributed by atoms with Gasteiger partial charge < -0.3 is 44.5 Å². The molecule has 0 aliphatic carbocycles. The Kier molecular flexibility index (Phi) is 25.3. The summed E-state index contributed by atoms with van der Waals surface area (Å²) in [5, 5.41) is 20.8. The van der Waals surface area contributed by atoms with Gasteiger partial charge in [-0.2, -0.15) is 25.1 Å². The van der Waals surface area contributed by atoms with Gasteiger partial charge in [-0.15, -0.1) is 0 Å². The molecule has 0 radical (unpaired) electrons. The van der Waals surface area contributed by atoms with Crippen LogP contribution in [0.4, 0.5) is 5.82 Å². The summed E-state index contributed by atoms with van der Waals surface area (Å²) in [5.41, 5.74) is 4.16. The van der Waals surface area contributed by atoms with E-state index in [0.29, 0.717) is 58.8 Å². The average molecular weight is 845 g/mol. The molecule has 23 heteroatoms. The van der Waals surface area contributed by atoms with Gasteiger partial charge in [-0.1, -0.05) is 23.4 Å². The van der Waals surface area contributed by atoms with E-state index < -0.39 is 17.9 Å². The Balaban J connectivity index is 0.000000799. The average Bonchev–Trinajstić information content (AvgIpc) is 3.84. The summed E-state index contributed by atoms with van der Waals surface area (Å²) >= 11 is 0. The van der Waals surface area contributed by atoms with Crippen LogP contribution < -0.4 is 44.3 Å². The van der Waals surface area contributed by atoms with E-state index in [9.17, 15) is 19.2 Å². The molecule has 5 aromatic rings.